The van der Waals surface area contributed by atoms with Crippen molar-refractivity contribution >= 4 is 12.1 Å². The van der Waals surface area contributed by atoms with E-state index in [0.29, 0.717) is 13.0 Å². The molecule has 0 rings (SSSR count). The molecule has 0 bridgehead atoms. The first-order valence-corrected chi connectivity index (χ1v) is 10.8. The number of hydrogen-bond acceptors (Lipinski definition) is 6. The molecular formula is C21H43K2NO6. The normalized spacial score (nSPS) is 9.03. The molecule has 0 aliphatic heterocycles. The number of rotatable bonds is 17. The topological polar surface area (TPSA) is 147 Å². The van der Waals surface area contributed by atoms with Crippen LogP contribution < -0.4 is 119 Å². The van der Waals surface area contributed by atoms with Gasteiger partial charge in [-0.05, 0) is 12.6 Å². The average molecular weight is 484 g/mol. The molecule has 7 nitrogen and oxygen atoms in total. The first-order valence-electron chi connectivity index (χ1n) is 10.8. The summed E-state index contributed by atoms with van der Waals surface area (Å²) in [5.41, 5.74) is 4.78. The van der Waals surface area contributed by atoms with Gasteiger partial charge in [0.05, 0.1) is 6.61 Å². The van der Waals surface area contributed by atoms with Crippen molar-refractivity contribution < 1.29 is 133 Å². The van der Waals surface area contributed by atoms with E-state index in [-0.39, 0.29) is 109 Å². The third-order valence-corrected chi connectivity index (χ3v) is 4.12. The van der Waals surface area contributed by atoms with Crippen molar-refractivity contribution in [3.63, 3.8) is 0 Å². The number of unbranched alkanes of at least 4 members (excludes halogenated alkanes) is 14. The number of carbonyl (C=O) groups is 2. The summed E-state index contributed by atoms with van der Waals surface area (Å²) >= 11 is 0. The summed E-state index contributed by atoms with van der Waals surface area (Å²) in [7, 11) is 0. The molecule has 0 atom stereocenters. The summed E-state index contributed by atoms with van der Waals surface area (Å²) in [5, 5.41) is 32.9. The first kappa shape index (κ1) is 42.1. The van der Waals surface area contributed by atoms with Gasteiger partial charge in [-0.1, -0.05) is 96.8 Å². The second-order valence-electron chi connectivity index (χ2n) is 6.86. The molecule has 0 saturated heterocycles. The van der Waals surface area contributed by atoms with Crippen LogP contribution in [0.3, 0.4) is 0 Å². The molecular weight excluding hydrogens is 440 g/mol. The summed E-state index contributed by atoms with van der Waals surface area (Å²) < 4.78 is 0. The molecule has 0 aromatic carbocycles. The van der Waals surface area contributed by atoms with Gasteiger partial charge in [-0.3, -0.25) is 4.79 Å². The second-order valence-corrected chi connectivity index (χ2v) is 6.86. The third kappa shape index (κ3) is 63.1. The zero-order valence-corrected chi connectivity index (χ0v) is 26.1. The Balaban J connectivity index is -0.000000178. The molecule has 0 fully saturated rings. The second kappa shape index (κ2) is 41.2. The number of aliphatic carboxylic acids is 1. The summed E-state index contributed by atoms with van der Waals surface area (Å²) in [5.74, 6) is -0.653. The van der Waals surface area contributed by atoms with Crippen molar-refractivity contribution in [1.29, 1.82) is 0 Å². The number of carboxylic acid groups (broad SMARTS) is 3. The fourth-order valence-electron chi connectivity index (χ4n) is 2.65. The van der Waals surface area contributed by atoms with Crippen LogP contribution >= 0.6 is 0 Å². The Morgan fingerprint density at radius 1 is 0.700 bits per heavy atom. The van der Waals surface area contributed by atoms with Crippen LogP contribution in [0.5, 0.6) is 0 Å². The first-order chi connectivity index (χ1) is 13.4. The van der Waals surface area contributed by atoms with E-state index in [1.165, 1.54) is 83.5 Å². The zero-order chi connectivity index (χ0) is 21.9. The van der Waals surface area contributed by atoms with E-state index in [1.54, 1.807) is 0 Å². The standard InChI is InChI=1S/C18H36O2.C2H7NO.CH2O3.2K/c1-2-3-4-5-6-7-8-9-10-11-12-13-14-15-16-17-18(19)20;3-1-2-4;2-1(3)4;;/h2-17H2,1H3,(H,19,20);4H,1-3H2;(H2,2,3,4);;/q;;;2*+1/p-2. The quantitative estimate of drug-likeness (QED) is 0.146. The Labute approximate surface area is 269 Å². The summed E-state index contributed by atoms with van der Waals surface area (Å²) in [4.78, 5) is 18.7. The Kier molecular flexibility index (Phi) is 57.9. The van der Waals surface area contributed by atoms with E-state index in [2.05, 4.69) is 6.92 Å². The maximum atomic E-state index is 10.3. The maximum Gasteiger partial charge on any atom is 1.00 e. The van der Waals surface area contributed by atoms with Crippen molar-refractivity contribution in [3.05, 3.63) is 0 Å². The van der Waals surface area contributed by atoms with Crippen molar-refractivity contribution in [1.82, 2.24) is 0 Å². The molecule has 0 amide bonds. The summed E-state index contributed by atoms with van der Waals surface area (Å²) in [6, 6.07) is 0. The molecule has 0 spiro atoms. The Morgan fingerprint density at radius 3 is 1.13 bits per heavy atom. The van der Waals surface area contributed by atoms with E-state index in [1.807, 2.05) is 0 Å². The average Bonchev–Trinajstić information content (AvgIpc) is 2.64. The van der Waals surface area contributed by atoms with Crippen LogP contribution in [0.25, 0.3) is 0 Å². The van der Waals surface area contributed by atoms with Gasteiger partial charge in [0, 0.05) is 13.0 Å². The van der Waals surface area contributed by atoms with Gasteiger partial charge < -0.3 is 31.0 Å². The van der Waals surface area contributed by atoms with Gasteiger partial charge >= 0.3 is 109 Å². The molecule has 0 aliphatic rings. The van der Waals surface area contributed by atoms with Crippen molar-refractivity contribution in [3.8, 4) is 0 Å². The fourth-order valence-corrected chi connectivity index (χ4v) is 2.65. The van der Waals surface area contributed by atoms with Crippen LogP contribution in [0.15, 0.2) is 0 Å². The van der Waals surface area contributed by atoms with Crippen LogP contribution in [0.4, 0.5) is 4.79 Å². The van der Waals surface area contributed by atoms with Gasteiger partial charge in [0.25, 0.3) is 0 Å². The van der Waals surface area contributed by atoms with E-state index in [0.717, 1.165) is 12.8 Å². The van der Waals surface area contributed by atoms with Crippen LogP contribution in [0, 0.1) is 0 Å². The summed E-state index contributed by atoms with van der Waals surface area (Å²) in [6.45, 7) is 2.74. The number of aliphatic hydroxyl groups excluding tert-OH is 1. The Hall–Kier alpha value is 1.93. The molecule has 4 N–H and O–H groups in total. The zero-order valence-electron chi connectivity index (χ0n) is 19.8. The molecule has 0 aliphatic carbocycles. The minimum Gasteiger partial charge on any atom is -0.652 e. The van der Waals surface area contributed by atoms with Crippen molar-refractivity contribution in [2.24, 2.45) is 5.73 Å². The van der Waals surface area contributed by atoms with Crippen LogP contribution in [-0.4, -0.2) is 35.5 Å². The molecule has 0 unspecified atom stereocenters. The molecule has 0 radical (unpaired) electrons. The number of carboxylic acids is 1. The van der Waals surface area contributed by atoms with Crippen LogP contribution in [0.1, 0.15) is 110 Å². The van der Waals surface area contributed by atoms with E-state index < -0.39 is 12.1 Å². The minimum absolute atomic E-state index is 0. The molecule has 0 aromatic heterocycles. The van der Waals surface area contributed by atoms with Gasteiger partial charge in [-0.25, -0.2) is 0 Å². The van der Waals surface area contributed by atoms with Gasteiger partial charge in [0.15, 0.2) is 0 Å². The minimum atomic E-state index is -2.33. The maximum absolute atomic E-state index is 10.3. The Morgan fingerprint density at radius 2 is 0.933 bits per heavy atom. The fraction of sp³-hybridized carbons (Fsp3) is 0.905. The largest absolute Gasteiger partial charge is 1.00 e. The summed E-state index contributed by atoms with van der Waals surface area (Å²) in [6.07, 6.45) is 17.9. The number of aliphatic hydroxyl groups is 1. The molecule has 30 heavy (non-hydrogen) atoms. The third-order valence-electron chi connectivity index (χ3n) is 4.12. The smallest absolute Gasteiger partial charge is 0.652 e. The predicted octanol–water partition coefficient (Wildman–Crippen LogP) is -3.17. The van der Waals surface area contributed by atoms with E-state index >= 15 is 0 Å². The van der Waals surface area contributed by atoms with Crippen LogP contribution in [0.2, 0.25) is 0 Å². The number of hydrogen-bond donors (Lipinski definition) is 3. The number of carbonyl (C=O) groups excluding carboxylic acids is 1. The van der Waals surface area contributed by atoms with Gasteiger partial charge in [-0.2, -0.15) is 0 Å². The van der Waals surface area contributed by atoms with Crippen LogP contribution in [-0.2, 0) is 4.79 Å². The van der Waals surface area contributed by atoms with Crippen molar-refractivity contribution in [2.45, 2.75) is 110 Å². The van der Waals surface area contributed by atoms with E-state index in [4.69, 9.17) is 31.0 Å². The monoisotopic (exact) mass is 483 g/mol. The molecule has 0 heterocycles. The number of nitrogens with two attached hydrogens (primary N) is 1. The molecule has 0 aromatic rings. The SMILES string of the molecule is CCCCCCCCCCCCCCCCCC(=O)O.NCCO.O=C([O-])[O-].[K+].[K+]. The predicted molar refractivity (Wildman–Crippen MR) is 109 cm³/mol. The molecule has 9 heteroatoms. The van der Waals surface area contributed by atoms with Gasteiger partial charge in [0.2, 0.25) is 0 Å². The van der Waals surface area contributed by atoms with Gasteiger partial charge in [0.1, 0.15) is 0 Å². The molecule has 170 valence electrons. The molecule has 0 saturated carbocycles. The van der Waals surface area contributed by atoms with E-state index in [9.17, 15) is 4.79 Å². The van der Waals surface area contributed by atoms with Gasteiger partial charge in [-0.15, -0.1) is 0 Å². The Bertz CT molecular complexity index is 318. The van der Waals surface area contributed by atoms with Crippen molar-refractivity contribution in [2.75, 3.05) is 13.2 Å².